The van der Waals surface area contributed by atoms with Crippen LogP contribution in [-0.2, 0) is 9.47 Å². The Balaban J connectivity index is 2.10. The lowest BCUT2D eigenvalue weighted by atomic mass is 10.3. The van der Waals surface area contributed by atoms with E-state index in [1.165, 1.54) is 0 Å². The van der Waals surface area contributed by atoms with Crippen LogP contribution in [0.4, 0.5) is 0 Å². The Morgan fingerprint density at radius 1 is 1.86 bits per heavy atom. The lowest BCUT2D eigenvalue weighted by molar-refractivity contribution is 0.0909. The van der Waals surface area contributed by atoms with E-state index >= 15 is 0 Å². The van der Waals surface area contributed by atoms with Crippen LogP contribution in [0.15, 0.2) is 0 Å². The number of rotatable bonds is 2. The molecule has 1 aliphatic heterocycles. The molecule has 1 heterocycles. The summed E-state index contributed by atoms with van der Waals surface area (Å²) in [6, 6.07) is 0. The van der Waals surface area contributed by atoms with E-state index in [9.17, 15) is 0 Å². The average molecular weight is 102 g/mol. The molecule has 0 radical (unpaired) electrons. The van der Waals surface area contributed by atoms with Crippen LogP contribution in [0.3, 0.4) is 0 Å². The first-order valence-electron chi connectivity index (χ1n) is 2.49. The molecule has 2 nitrogen and oxygen atoms in total. The standard InChI is InChI=1S/C5H10O2/c1-4(6-2)5-3-7-5/h4-5H,3H2,1-2H3/t4-,5+/m0/s1. The van der Waals surface area contributed by atoms with Crippen molar-refractivity contribution in [2.24, 2.45) is 0 Å². The highest BCUT2D eigenvalue weighted by atomic mass is 16.6. The van der Waals surface area contributed by atoms with E-state index in [1.807, 2.05) is 6.92 Å². The summed E-state index contributed by atoms with van der Waals surface area (Å²) in [6.07, 6.45) is 0.685. The van der Waals surface area contributed by atoms with Gasteiger partial charge in [0.2, 0.25) is 0 Å². The van der Waals surface area contributed by atoms with Crippen LogP contribution in [0, 0.1) is 0 Å². The van der Waals surface area contributed by atoms with Gasteiger partial charge in [0.1, 0.15) is 6.10 Å². The Labute approximate surface area is 43.4 Å². The van der Waals surface area contributed by atoms with Crippen molar-refractivity contribution in [3.63, 3.8) is 0 Å². The second kappa shape index (κ2) is 1.80. The Morgan fingerprint density at radius 2 is 2.43 bits per heavy atom. The van der Waals surface area contributed by atoms with Gasteiger partial charge in [-0.2, -0.15) is 0 Å². The SMILES string of the molecule is CO[C@@H](C)[C@H]1CO1. The number of epoxide rings is 1. The molecule has 0 spiro atoms. The fourth-order valence-electron chi connectivity index (χ4n) is 0.478. The lowest BCUT2D eigenvalue weighted by Crippen LogP contribution is -2.11. The molecular formula is C5H10O2. The van der Waals surface area contributed by atoms with Crippen molar-refractivity contribution in [1.29, 1.82) is 0 Å². The molecule has 0 aliphatic carbocycles. The van der Waals surface area contributed by atoms with Gasteiger partial charge >= 0.3 is 0 Å². The van der Waals surface area contributed by atoms with Gasteiger partial charge in [-0.15, -0.1) is 0 Å². The highest BCUT2D eigenvalue weighted by Crippen LogP contribution is 2.14. The third-order valence-electron chi connectivity index (χ3n) is 1.25. The van der Waals surface area contributed by atoms with Crippen LogP contribution in [0.5, 0.6) is 0 Å². The fraction of sp³-hybridized carbons (Fsp3) is 1.00. The molecule has 42 valence electrons. The largest absolute Gasteiger partial charge is 0.379 e. The third-order valence-corrected chi connectivity index (χ3v) is 1.25. The Bertz CT molecular complexity index is 59.1. The van der Waals surface area contributed by atoms with Crippen molar-refractivity contribution >= 4 is 0 Å². The lowest BCUT2D eigenvalue weighted by Gasteiger charge is -2.01. The van der Waals surface area contributed by atoms with Gasteiger partial charge in [-0.3, -0.25) is 0 Å². The van der Waals surface area contributed by atoms with E-state index in [1.54, 1.807) is 7.11 Å². The number of hydrogen-bond donors (Lipinski definition) is 0. The van der Waals surface area contributed by atoms with Gasteiger partial charge in [0.05, 0.1) is 12.7 Å². The second-order valence-corrected chi connectivity index (χ2v) is 1.81. The molecule has 1 rings (SSSR count). The predicted molar refractivity (Wildman–Crippen MR) is 26.2 cm³/mol. The molecule has 0 aromatic rings. The van der Waals surface area contributed by atoms with Crippen LogP contribution in [-0.4, -0.2) is 25.9 Å². The van der Waals surface area contributed by atoms with Crippen molar-refractivity contribution in [1.82, 2.24) is 0 Å². The summed E-state index contributed by atoms with van der Waals surface area (Å²) in [6.45, 7) is 2.90. The summed E-state index contributed by atoms with van der Waals surface area (Å²) in [5, 5.41) is 0. The summed E-state index contributed by atoms with van der Waals surface area (Å²) in [5.74, 6) is 0. The molecule has 2 heteroatoms. The van der Waals surface area contributed by atoms with Gasteiger partial charge in [-0.05, 0) is 6.92 Å². The molecular weight excluding hydrogens is 92.1 g/mol. The zero-order chi connectivity index (χ0) is 5.28. The molecule has 0 bridgehead atoms. The summed E-state index contributed by atoms with van der Waals surface area (Å²) in [5.41, 5.74) is 0. The first kappa shape index (κ1) is 5.06. The molecule has 1 aliphatic rings. The minimum atomic E-state index is 0.292. The van der Waals surface area contributed by atoms with E-state index < -0.39 is 0 Å². The molecule has 1 saturated heterocycles. The van der Waals surface area contributed by atoms with Crippen LogP contribution in [0.2, 0.25) is 0 Å². The van der Waals surface area contributed by atoms with Crippen LogP contribution in [0.25, 0.3) is 0 Å². The average Bonchev–Trinajstić information content (AvgIpc) is 2.44. The minimum absolute atomic E-state index is 0.292. The van der Waals surface area contributed by atoms with E-state index in [4.69, 9.17) is 9.47 Å². The Hall–Kier alpha value is -0.0800. The number of methoxy groups -OCH3 is 1. The summed E-state index contributed by atoms with van der Waals surface area (Å²) in [4.78, 5) is 0. The van der Waals surface area contributed by atoms with Gasteiger partial charge in [0.25, 0.3) is 0 Å². The van der Waals surface area contributed by atoms with Gasteiger partial charge in [-0.25, -0.2) is 0 Å². The maximum absolute atomic E-state index is 4.95. The van der Waals surface area contributed by atoms with Crippen molar-refractivity contribution in [3.8, 4) is 0 Å². The van der Waals surface area contributed by atoms with Crippen molar-refractivity contribution in [2.75, 3.05) is 13.7 Å². The van der Waals surface area contributed by atoms with Crippen molar-refractivity contribution < 1.29 is 9.47 Å². The topological polar surface area (TPSA) is 21.8 Å². The number of ether oxygens (including phenoxy) is 2. The van der Waals surface area contributed by atoms with E-state index in [-0.39, 0.29) is 0 Å². The Kier molecular flexibility index (Phi) is 1.30. The summed E-state index contributed by atoms with van der Waals surface area (Å²) >= 11 is 0. The molecule has 0 unspecified atom stereocenters. The zero-order valence-corrected chi connectivity index (χ0v) is 4.68. The molecule has 1 fully saturated rings. The van der Waals surface area contributed by atoms with Crippen molar-refractivity contribution in [2.45, 2.75) is 19.1 Å². The molecule has 0 aromatic carbocycles. The highest BCUT2D eigenvalue weighted by Gasteiger charge is 2.28. The molecule has 0 amide bonds. The molecule has 7 heavy (non-hydrogen) atoms. The normalized spacial score (nSPS) is 32.6. The quantitative estimate of drug-likeness (QED) is 0.471. The maximum Gasteiger partial charge on any atom is 0.107 e. The molecule has 2 atom stereocenters. The summed E-state index contributed by atoms with van der Waals surface area (Å²) < 4.78 is 9.89. The van der Waals surface area contributed by atoms with E-state index in [0.717, 1.165) is 6.61 Å². The maximum atomic E-state index is 4.95. The van der Waals surface area contributed by atoms with E-state index in [2.05, 4.69) is 0 Å². The van der Waals surface area contributed by atoms with E-state index in [0.29, 0.717) is 12.2 Å². The van der Waals surface area contributed by atoms with Crippen LogP contribution >= 0.6 is 0 Å². The Morgan fingerprint density at radius 3 is 2.57 bits per heavy atom. The van der Waals surface area contributed by atoms with Gasteiger partial charge in [-0.1, -0.05) is 0 Å². The van der Waals surface area contributed by atoms with Gasteiger partial charge in [0, 0.05) is 7.11 Å². The first-order chi connectivity index (χ1) is 3.34. The second-order valence-electron chi connectivity index (χ2n) is 1.81. The summed E-state index contributed by atoms with van der Waals surface area (Å²) in [7, 11) is 1.70. The molecule has 0 saturated carbocycles. The third kappa shape index (κ3) is 1.14. The smallest absolute Gasteiger partial charge is 0.107 e. The minimum Gasteiger partial charge on any atom is -0.379 e. The highest BCUT2D eigenvalue weighted by molar-refractivity contribution is 4.75. The van der Waals surface area contributed by atoms with Gasteiger partial charge in [0.15, 0.2) is 0 Å². The molecule has 0 N–H and O–H groups in total. The fourth-order valence-corrected chi connectivity index (χ4v) is 0.478. The molecule has 0 aromatic heterocycles. The monoisotopic (exact) mass is 102 g/mol. The first-order valence-corrected chi connectivity index (χ1v) is 2.49. The predicted octanol–water partition coefficient (Wildman–Crippen LogP) is 0.420. The van der Waals surface area contributed by atoms with Crippen molar-refractivity contribution in [3.05, 3.63) is 0 Å². The van der Waals surface area contributed by atoms with Crippen LogP contribution < -0.4 is 0 Å². The zero-order valence-electron chi connectivity index (χ0n) is 4.68. The van der Waals surface area contributed by atoms with Gasteiger partial charge < -0.3 is 9.47 Å². The number of hydrogen-bond acceptors (Lipinski definition) is 2. The van der Waals surface area contributed by atoms with Crippen LogP contribution in [0.1, 0.15) is 6.92 Å².